The van der Waals surface area contributed by atoms with Gasteiger partial charge in [-0.05, 0) is 30.9 Å². The zero-order valence-electron chi connectivity index (χ0n) is 8.97. The van der Waals surface area contributed by atoms with Crippen molar-refractivity contribution in [1.82, 2.24) is 4.98 Å². The van der Waals surface area contributed by atoms with Crippen molar-refractivity contribution in [2.75, 3.05) is 0 Å². The molecule has 1 aromatic rings. The Labute approximate surface area is 93.9 Å². The van der Waals surface area contributed by atoms with E-state index >= 15 is 0 Å². The average Bonchev–Trinajstić information content (AvgIpc) is 2.81. The minimum atomic E-state index is -0.984. The van der Waals surface area contributed by atoms with Crippen molar-refractivity contribution in [3.63, 3.8) is 0 Å². The SMILES string of the molecule is O=C(O)c1ccnc(C(O)C2CCCC2)c1. The Kier molecular flexibility index (Phi) is 3.19. The molecule has 2 rings (SSSR count). The number of nitrogens with zero attached hydrogens (tertiary/aromatic N) is 1. The van der Waals surface area contributed by atoms with Crippen LogP contribution in [-0.2, 0) is 0 Å². The lowest BCUT2D eigenvalue weighted by Gasteiger charge is -2.17. The van der Waals surface area contributed by atoms with Gasteiger partial charge in [0.1, 0.15) is 0 Å². The van der Waals surface area contributed by atoms with E-state index in [4.69, 9.17) is 5.11 Å². The number of carboxylic acids is 1. The lowest BCUT2D eigenvalue weighted by molar-refractivity contribution is 0.0695. The molecular weight excluding hydrogens is 206 g/mol. The standard InChI is InChI=1S/C12H15NO3/c14-11(8-3-1-2-4-8)10-7-9(12(15)16)5-6-13-10/h5-8,11,14H,1-4H2,(H,15,16). The summed E-state index contributed by atoms with van der Waals surface area (Å²) < 4.78 is 0. The Morgan fingerprint density at radius 3 is 2.75 bits per heavy atom. The minimum Gasteiger partial charge on any atom is -0.478 e. The van der Waals surface area contributed by atoms with Gasteiger partial charge in [-0.3, -0.25) is 4.98 Å². The molecule has 1 atom stereocenters. The monoisotopic (exact) mass is 221 g/mol. The fraction of sp³-hybridized carbons (Fsp3) is 0.500. The first-order valence-corrected chi connectivity index (χ1v) is 5.56. The third-order valence-corrected chi connectivity index (χ3v) is 3.18. The van der Waals surface area contributed by atoms with Gasteiger partial charge < -0.3 is 10.2 Å². The topological polar surface area (TPSA) is 70.4 Å². The number of carboxylic acid groups (broad SMARTS) is 1. The average molecular weight is 221 g/mol. The van der Waals surface area contributed by atoms with Crippen LogP contribution in [0.4, 0.5) is 0 Å². The van der Waals surface area contributed by atoms with Gasteiger partial charge in [-0.15, -0.1) is 0 Å². The lowest BCUT2D eigenvalue weighted by Crippen LogP contribution is -2.11. The Hall–Kier alpha value is -1.42. The molecule has 4 heteroatoms. The number of aliphatic hydroxyl groups excluding tert-OH is 1. The van der Waals surface area contributed by atoms with E-state index in [-0.39, 0.29) is 11.5 Å². The second kappa shape index (κ2) is 4.61. The summed E-state index contributed by atoms with van der Waals surface area (Å²) in [6.45, 7) is 0. The molecule has 1 unspecified atom stereocenters. The number of hydrogen-bond donors (Lipinski definition) is 2. The highest BCUT2D eigenvalue weighted by atomic mass is 16.4. The van der Waals surface area contributed by atoms with E-state index in [0.29, 0.717) is 5.69 Å². The van der Waals surface area contributed by atoms with Gasteiger partial charge in [-0.1, -0.05) is 12.8 Å². The van der Waals surface area contributed by atoms with Crippen LogP contribution >= 0.6 is 0 Å². The number of aromatic nitrogens is 1. The maximum absolute atomic E-state index is 10.8. The normalized spacial score (nSPS) is 18.6. The van der Waals surface area contributed by atoms with E-state index in [2.05, 4.69) is 4.98 Å². The molecule has 0 bridgehead atoms. The highest BCUT2D eigenvalue weighted by Gasteiger charge is 2.25. The number of pyridine rings is 1. The number of aromatic carboxylic acids is 1. The molecule has 2 N–H and O–H groups in total. The summed E-state index contributed by atoms with van der Waals surface area (Å²) >= 11 is 0. The zero-order valence-corrected chi connectivity index (χ0v) is 8.97. The van der Waals surface area contributed by atoms with Crippen LogP contribution in [-0.4, -0.2) is 21.2 Å². The number of hydrogen-bond acceptors (Lipinski definition) is 3. The summed E-state index contributed by atoms with van der Waals surface area (Å²) in [6, 6.07) is 2.90. The van der Waals surface area contributed by atoms with Crippen molar-refractivity contribution >= 4 is 5.97 Å². The van der Waals surface area contributed by atoms with E-state index in [1.807, 2.05) is 0 Å². The summed E-state index contributed by atoms with van der Waals surface area (Å²) in [5.74, 6) is -0.751. The van der Waals surface area contributed by atoms with Gasteiger partial charge >= 0.3 is 5.97 Å². The third-order valence-electron chi connectivity index (χ3n) is 3.18. The number of rotatable bonds is 3. The molecular formula is C12H15NO3. The van der Waals surface area contributed by atoms with Crippen LogP contribution in [0.2, 0.25) is 0 Å². The van der Waals surface area contributed by atoms with Crippen molar-refractivity contribution in [2.45, 2.75) is 31.8 Å². The first-order valence-electron chi connectivity index (χ1n) is 5.56. The summed E-state index contributed by atoms with van der Waals surface area (Å²) in [7, 11) is 0. The Morgan fingerprint density at radius 2 is 2.12 bits per heavy atom. The molecule has 1 heterocycles. The molecule has 0 saturated heterocycles. The molecule has 0 aliphatic heterocycles. The van der Waals surface area contributed by atoms with Crippen LogP contribution in [0.1, 0.15) is 47.8 Å². The van der Waals surface area contributed by atoms with E-state index < -0.39 is 12.1 Å². The molecule has 1 aliphatic rings. The van der Waals surface area contributed by atoms with Crippen molar-refractivity contribution in [2.24, 2.45) is 5.92 Å². The molecule has 86 valence electrons. The highest BCUT2D eigenvalue weighted by molar-refractivity contribution is 5.87. The van der Waals surface area contributed by atoms with Crippen LogP contribution in [0.25, 0.3) is 0 Å². The summed E-state index contributed by atoms with van der Waals surface area (Å²) in [4.78, 5) is 14.8. The van der Waals surface area contributed by atoms with Crippen LogP contribution in [0.3, 0.4) is 0 Å². The van der Waals surface area contributed by atoms with Gasteiger partial charge in [0.05, 0.1) is 17.4 Å². The van der Waals surface area contributed by atoms with Crippen LogP contribution in [0, 0.1) is 5.92 Å². The molecule has 16 heavy (non-hydrogen) atoms. The Morgan fingerprint density at radius 1 is 1.44 bits per heavy atom. The largest absolute Gasteiger partial charge is 0.478 e. The number of aliphatic hydroxyl groups is 1. The molecule has 0 amide bonds. The fourth-order valence-corrected chi connectivity index (χ4v) is 2.26. The highest BCUT2D eigenvalue weighted by Crippen LogP contribution is 2.34. The summed E-state index contributed by atoms with van der Waals surface area (Å²) in [5, 5.41) is 18.9. The summed E-state index contributed by atoms with van der Waals surface area (Å²) in [6.07, 6.45) is 5.10. The predicted molar refractivity (Wildman–Crippen MR) is 58.1 cm³/mol. The van der Waals surface area contributed by atoms with Gasteiger partial charge in [0, 0.05) is 6.20 Å². The van der Waals surface area contributed by atoms with Crippen LogP contribution in [0.5, 0.6) is 0 Å². The van der Waals surface area contributed by atoms with Crippen LogP contribution in [0.15, 0.2) is 18.3 Å². The molecule has 0 spiro atoms. The predicted octanol–water partition coefficient (Wildman–Crippen LogP) is 2.00. The van der Waals surface area contributed by atoms with E-state index in [9.17, 15) is 9.90 Å². The first-order chi connectivity index (χ1) is 7.68. The van der Waals surface area contributed by atoms with E-state index in [1.54, 1.807) is 0 Å². The number of carbonyl (C=O) groups is 1. The van der Waals surface area contributed by atoms with Crippen molar-refractivity contribution in [3.05, 3.63) is 29.6 Å². The first kappa shape index (κ1) is 11.1. The molecule has 0 radical (unpaired) electrons. The third kappa shape index (κ3) is 2.22. The second-order valence-electron chi connectivity index (χ2n) is 4.26. The molecule has 1 aliphatic carbocycles. The molecule has 1 saturated carbocycles. The fourth-order valence-electron chi connectivity index (χ4n) is 2.26. The van der Waals surface area contributed by atoms with Crippen molar-refractivity contribution in [1.29, 1.82) is 0 Å². The minimum absolute atomic E-state index is 0.182. The summed E-state index contributed by atoms with van der Waals surface area (Å²) in [5.41, 5.74) is 0.661. The Bertz CT molecular complexity index is 386. The van der Waals surface area contributed by atoms with Gasteiger partial charge in [0.15, 0.2) is 0 Å². The van der Waals surface area contributed by atoms with Crippen molar-refractivity contribution in [3.8, 4) is 0 Å². The van der Waals surface area contributed by atoms with E-state index in [0.717, 1.165) is 25.7 Å². The molecule has 4 nitrogen and oxygen atoms in total. The molecule has 1 fully saturated rings. The Balaban J connectivity index is 2.18. The van der Waals surface area contributed by atoms with Gasteiger partial charge in [-0.25, -0.2) is 4.79 Å². The lowest BCUT2D eigenvalue weighted by atomic mass is 9.97. The second-order valence-corrected chi connectivity index (χ2v) is 4.26. The zero-order chi connectivity index (χ0) is 11.5. The van der Waals surface area contributed by atoms with Crippen molar-refractivity contribution < 1.29 is 15.0 Å². The van der Waals surface area contributed by atoms with E-state index in [1.165, 1.54) is 18.3 Å². The quantitative estimate of drug-likeness (QED) is 0.819. The smallest absolute Gasteiger partial charge is 0.335 e. The van der Waals surface area contributed by atoms with Gasteiger partial charge in [-0.2, -0.15) is 0 Å². The van der Waals surface area contributed by atoms with Gasteiger partial charge in [0.2, 0.25) is 0 Å². The molecule has 0 aromatic carbocycles. The van der Waals surface area contributed by atoms with Crippen LogP contribution < -0.4 is 0 Å². The maximum atomic E-state index is 10.8. The molecule has 1 aromatic heterocycles. The maximum Gasteiger partial charge on any atom is 0.335 e. The van der Waals surface area contributed by atoms with Gasteiger partial charge in [0.25, 0.3) is 0 Å².